The van der Waals surface area contributed by atoms with Crippen LogP contribution in [0.25, 0.3) is 0 Å². The Labute approximate surface area is 155 Å². The van der Waals surface area contributed by atoms with Gasteiger partial charge in [-0.15, -0.1) is 0 Å². The van der Waals surface area contributed by atoms with Crippen LogP contribution in [0, 0.1) is 11.3 Å². The van der Waals surface area contributed by atoms with Crippen LogP contribution in [-0.4, -0.2) is 32.1 Å². The summed E-state index contributed by atoms with van der Waals surface area (Å²) in [6.45, 7) is 2.74. The molecular weight excluding hydrogens is 322 g/mol. The first-order valence-corrected chi connectivity index (χ1v) is 9.04. The number of rotatable bonds is 4. The number of para-hydroxylation sites is 1. The molecule has 3 rings (SSSR count). The molecule has 0 radical (unpaired) electrons. The molecule has 1 aliphatic heterocycles. The second-order valence-electron chi connectivity index (χ2n) is 6.48. The molecule has 2 aromatic carbocycles. The highest BCUT2D eigenvalue weighted by Gasteiger charge is 2.20. The van der Waals surface area contributed by atoms with Crippen molar-refractivity contribution in [1.82, 2.24) is 10.6 Å². The maximum atomic E-state index is 9.00. The van der Waals surface area contributed by atoms with E-state index in [0.29, 0.717) is 18.2 Å². The van der Waals surface area contributed by atoms with Crippen LogP contribution in [0.2, 0.25) is 0 Å². The predicted molar refractivity (Wildman–Crippen MR) is 106 cm³/mol. The van der Waals surface area contributed by atoms with E-state index in [1.54, 1.807) is 7.05 Å². The largest absolute Gasteiger partial charge is 0.371 e. The average Bonchev–Trinajstić information content (AvgIpc) is 2.72. The number of guanidine groups is 1. The molecule has 5 nitrogen and oxygen atoms in total. The van der Waals surface area contributed by atoms with Crippen LogP contribution in [0.3, 0.4) is 0 Å². The zero-order chi connectivity index (χ0) is 18.2. The number of nitriles is 1. The van der Waals surface area contributed by atoms with Gasteiger partial charge in [0.2, 0.25) is 0 Å². The second kappa shape index (κ2) is 8.91. The van der Waals surface area contributed by atoms with Crippen molar-refractivity contribution in [2.75, 3.05) is 25.0 Å². The SMILES string of the molecule is CN=C(NCc1cccc(C#N)c1)NC1CCN(c2ccccc2)CC1. The van der Waals surface area contributed by atoms with Crippen molar-refractivity contribution in [3.05, 3.63) is 65.7 Å². The van der Waals surface area contributed by atoms with Gasteiger partial charge >= 0.3 is 0 Å². The van der Waals surface area contributed by atoms with Crippen molar-refractivity contribution < 1.29 is 0 Å². The van der Waals surface area contributed by atoms with Gasteiger partial charge in [-0.25, -0.2) is 0 Å². The van der Waals surface area contributed by atoms with Gasteiger partial charge in [-0.2, -0.15) is 5.26 Å². The van der Waals surface area contributed by atoms with E-state index in [4.69, 9.17) is 5.26 Å². The molecule has 0 unspecified atom stereocenters. The molecule has 1 aliphatic rings. The molecular formula is C21H25N5. The Hall–Kier alpha value is -3.00. The van der Waals surface area contributed by atoms with Crippen LogP contribution in [-0.2, 0) is 6.54 Å². The fourth-order valence-corrected chi connectivity index (χ4v) is 3.25. The summed E-state index contributed by atoms with van der Waals surface area (Å²) < 4.78 is 0. The van der Waals surface area contributed by atoms with Crippen LogP contribution < -0.4 is 15.5 Å². The van der Waals surface area contributed by atoms with E-state index in [0.717, 1.165) is 37.5 Å². The molecule has 0 amide bonds. The predicted octanol–water partition coefficient (Wildman–Crippen LogP) is 2.89. The third-order valence-electron chi connectivity index (χ3n) is 4.70. The molecule has 134 valence electrons. The third kappa shape index (κ3) is 4.76. The number of hydrogen-bond acceptors (Lipinski definition) is 3. The quantitative estimate of drug-likeness (QED) is 0.659. The Bertz CT molecular complexity index is 770. The Morgan fingerprint density at radius 1 is 1.15 bits per heavy atom. The molecule has 1 heterocycles. The number of benzene rings is 2. The molecule has 0 bridgehead atoms. The third-order valence-corrected chi connectivity index (χ3v) is 4.70. The number of aliphatic imine (C=N–C) groups is 1. The average molecular weight is 347 g/mol. The number of nitrogens with zero attached hydrogens (tertiary/aromatic N) is 3. The normalized spacial score (nSPS) is 15.4. The molecule has 0 spiro atoms. The van der Waals surface area contributed by atoms with Gasteiger partial charge in [0.25, 0.3) is 0 Å². The van der Waals surface area contributed by atoms with Crippen molar-refractivity contribution in [3.63, 3.8) is 0 Å². The Morgan fingerprint density at radius 3 is 2.62 bits per heavy atom. The first-order valence-electron chi connectivity index (χ1n) is 9.04. The van der Waals surface area contributed by atoms with E-state index < -0.39 is 0 Å². The van der Waals surface area contributed by atoms with Crippen LogP contribution in [0.5, 0.6) is 0 Å². The van der Waals surface area contributed by atoms with Gasteiger partial charge in [-0.1, -0.05) is 30.3 Å². The smallest absolute Gasteiger partial charge is 0.191 e. The second-order valence-corrected chi connectivity index (χ2v) is 6.48. The maximum Gasteiger partial charge on any atom is 0.191 e. The van der Waals surface area contributed by atoms with E-state index >= 15 is 0 Å². The van der Waals surface area contributed by atoms with Crippen LogP contribution in [0.1, 0.15) is 24.0 Å². The van der Waals surface area contributed by atoms with Gasteiger partial charge < -0.3 is 15.5 Å². The Kier molecular flexibility index (Phi) is 6.10. The maximum absolute atomic E-state index is 9.00. The van der Waals surface area contributed by atoms with Crippen LogP contribution in [0.15, 0.2) is 59.6 Å². The summed E-state index contributed by atoms with van der Waals surface area (Å²) in [6.07, 6.45) is 2.17. The van der Waals surface area contributed by atoms with Gasteiger partial charge in [0.05, 0.1) is 11.6 Å². The molecule has 1 saturated heterocycles. The molecule has 0 atom stereocenters. The van der Waals surface area contributed by atoms with Crippen molar-refractivity contribution in [2.45, 2.75) is 25.4 Å². The van der Waals surface area contributed by atoms with E-state index in [-0.39, 0.29) is 0 Å². The minimum absolute atomic E-state index is 0.423. The van der Waals surface area contributed by atoms with E-state index in [9.17, 15) is 0 Å². The van der Waals surface area contributed by atoms with Crippen molar-refractivity contribution in [1.29, 1.82) is 5.26 Å². The lowest BCUT2D eigenvalue weighted by Gasteiger charge is -2.34. The number of piperidine rings is 1. The van der Waals surface area contributed by atoms with Crippen molar-refractivity contribution in [3.8, 4) is 6.07 Å². The Morgan fingerprint density at radius 2 is 1.92 bits per heavy atom. The fourth-order valence-electron chi connectivity index (χ4n) is 3.25. The summed E-state index contributed by atoms with van der Waals surface area (Å²) in [4.78, 5) is 6.77. The molecule has 26 heavy (non-hydrogen) atoms. The molecule has 2 N–H and O–H groups in total. The zero-order valence-corrected chi connectivity index (χ0v) is 15.2. The zero-order valence-electron chi connectivity index (χ0n) is 15.2. The highest BCUT2D eigenvalue weighted by Crippen LogP contribution is 2.19. The lowest BCUT2D eigenvalue weighted by molar-refractivity contribution is 0.461. The van der Waals surface area contributed by atoms with Gasteiger partial charge in [0.1, 0.15) is 0 Å². The van der Waals surface area contributed by atoms with Crippen LogP contribution in [0.4, 0.5) is 5.69 Å². The standard InChI is InChI=1S/C21H25N5/c1-23-21(24-16-18-7-5-6-17(14-18)15-22)25-19-10-12-26(13-11-19)20-8-3-2-4-9-20/h2-9,14,19H,10-13,16H2,1H3,(H2,23,24,25). The first-order chi connectivity index (χ1) is 12.8. The minimum atomic E-state index is 0.423. The molecule has 1 fully saturated rings. The van der Waals surface area contributed by atoms with E-state index in [2.05, 4.69) is 56.9 Å². The number of nitrogens with one attached hydrogen (secondary N) is 2. The minimum Gasteiger partial charge on any atom is -0.371 e. The van der Waals surface area contributed by atoms with E-state index in [1.165, 1.54) is 5.69 Å². The fraction of sp³-hybridized carbons (Fsp3) is 0.333. The summed E-state index contributed by atoms with van der Waals surface area (Å²) in [6, 6.07) is 20.8. The molecule has 0 aliphatic carbocycles. The first kappa shape index (κ1) is 17.8. The van der Waals surface area contributed by atoms with Gasteiger partial charge in [0, 0.05) is 38.4 Å². The summed E-state index contributed by atoms with van der Waals surface area (Å²) in [5, 5.41) is 15.9. The summed E-state index contributed by atoms with van der Waals surface area (Å²) in [5.74, 6) is 0.811. The summed E-state index contributed by atoms with van der Waals surface area (Å²) >= 11 is 0. The van der Waals surface area contributed by atoms with Gasteiger partial charge in [-0.05, 0) is 42.7 Å². The molecule has 0 saturated carbocycles. The molecule has 5 heteroatoms. The number of anilines is 1. The molecule has 0 aromatic heterocycles. The summed E-state index contributed by atoms with van der Waals surface area (Å²) in [7, 11) is 1.79. The molecule has 2 aromatic rings. The number of hydrogen-bond donors (Lipinski definition) is 2. The van der Waals surface area contributed by atoms with Crippen LogP contribution >= 0.6 is 0 Å². The highest BCUT2D eigenvalue weighted by atomic mass is 15.2. The monoisotopic (exact) mass is 347 g/mol. The van der Waals surface area contributed by atoms with Crippen molar-refractivity contribution in [2.24, 2.45) is 4.99 Å². The Balaban J connectivity index is 1.48. The highest BCUT2D eigenvalue weighted by molar-refractivity contribution is 5.80. The lowest BCUT2D eigenvalue weighted by Crippen LogP contribution is -2.48. The van der Waals surface area contributed by atoms with E-state index in [1.807, 2.05) is 24.3 Å². The lowest BCUT2D eigenvalue weighted by atomic mass is 10.0. The van der Waals surface area contributed by atoms with Crippen molar-refractivity contribution >= 4 is 11.6 Å². The van der Waals surface area contributed by atoms with Gasteiger partial charge in [-0.3, -0.25) is 4.99 Å². The van der Waals surface area contributed by atoms with Gasteiger partial charge in [0.15, 0.2) is 5.96 Å². The summed E-state index contributed by atoms with van der Waals surface area (Å²) in [5.41, 5.74) is 3.05. The topological polar surface area (TPSA) is 63.5 Å².